The number of nitrogens with zero attached hydrogens (tertiary/aromatic N) is 6. The normalized spacial score (nSPS) is 13.7. The first-order chi connectivity index (χ1) is 17.3. The Kier molecular flexibility index (Phi) is 9.44. The highest BCUT2D eigenvalue weighted by molar-refractivity contribution is 5.87. The fraction of sp³-hybridized carbons (Fsp3) is 0.308. The molecular formula is C26H30N6O4. The molecule has 1 aliphatic heterocycles. The van der Waals surface area contributed by atoms with Crippen LogP contribution in [0.4, 0.5) is 11.4 Å². The Labute approximate surface area is 210 Å². The third-order valence-corrected chi connectivity index (χ3v) is 5.12. The average molecular weight is 491 g/mol. The molecule has 36 heavy (non-hydrogen) atoms. The molecule has 10 heteroatoms. The van der Waals surface area contributed by atoms with Crippen molar-refractivity contribution in [3.05, 3.63) is 84.0 Å². The van der Waals surface area contributed by atoms with Gasteiger partial charge in [-0.15, -0.1) is 10.2 Å². The molecule has 0 aliphatic carbocycles. The number of carbonyl (C=O) groups is 2. The van der Waals surface area contributed by atoms with Gasteiger partial charge in [0.15, 0.2) is 0 Å². The van der Waals surface area contributed by atoms with Crippen molar-refractivity contribution in [3.63, 3.8) is 0 Å². The van der Waals surface area contributed by atoms with E-state index in [2.05, 4.69) is 33.8 Å². The Hall–Kier alpha value is -4.34. The van der Waals surface area contributed by atoms with Gasteiger partial charge >= 0.3 is 11.9 Å². The van der Waals surface area contributed by atoms with Crippen molar-refractivity contribution in [2.24, 2.45) is 20.7 Å². The molecule has 2 aromatic rings. The molecule has 0 radical (unpaired) electrons. The minimum atomic E-state index is -0.408. The number of benzene rings is 2. The number of ether oxygens (including phenoxy) is 2. The van der Waals surface area contributed by atoms with Gasteiger partial charge in [-0.2, -0.15) is 0 Å². The SMILES string of the molecule is C=C(C)C(=O)OCc1ccc(N=NN2CCN(N=Nc3ccc(COC(=O)C(=C)C)cc3)CC2)cc1. The van der Waals surface area contributed by atoms with Crippen LogP contribution in [0.5, 0.6) is 0 Å². The van der Waals surface area contributed by atoms with E-state index in [0.29, 0.717) is 48.7 Å². The number of carbonyl (C=O) groups excluding carboxylic acids is 2. The van der Waals surface area contributed by atoms with Crippen molar-refractivity contribution >= 4 is 23.3 Å². The van der Waals surface area contributed by atoms with E-state index >= 15 is 0 Å². The molecule has 0 aromatic heterocycles. The zero-order chi connectivity index (χ0) is 25.9. The third kappa shape index (κ3) is 8.46. The molecule has 0 unspecified atom stereocenters. The Morgan fingerprint density at radius 1 is 0.694 bits per heavy atom. The molecule has 0 N–H and O–H groups in total. The third-order valence-electron chi connectivity index (χ3n) is 5.12. The van der Waals surface area contributed by atoms with Crippen LogP contribution in [0.2, 0.25) is 0 Å². The summed E-state index contributed by atoms with van der Waals surface area (Å²) in [7, 11) is 0. The zero-order valence-corrected chi connectivity index (χ0v) is 20.6. The second-order valence-corrected chi connectivity index (χ2v) is 8.33. The average Bonchev–Trinajstić information content (AvgIpc) is 2.89. The zero-order valence-electron chi connectivity index (χ0n) is 20.6. The number of esters is 2. The molecule has 1 fully saturated rings. The van der Waals surface area contributed by atoms with E-state index in [0.717, 1.165) is 11.1 Å². The Morgan fingerprint density at radius 3 is 1.33 bits per heavy atom. The molecule has 1 saturated heterocycles. The first-order valence-electron chi connectivity index (χ1n) is 11.5. The first kappa shape index (κ1) is 26.3. The van der Waals surface area contributed by atoms with E-state index < -0.39 is 11.9 Å². The van der Waals surface area contributed by atoms with E-state index in [9.17, 15) is 9.59 Å². The van der Waals surface area contributed by atoms with E-state index in [1.165, 1.54) is 0 Å². The van der Waals surface area contributed by atoms with Gasteiger partial charge in [0.05, 0.1) is 37.6 Å². The van der Waals surface area contributed by atoms with E-state index in [1.54, 1.807) is 13.8 Å². The molecule has 10 nitrogen and oxygen atoms in total. The summed E-state index contributed by atoms with van der Waals surface area (Å²) in [5.74, 6) is -0.816. The van der Waals surface area contributed by atoms with Crippen molar-refractivity contribution < 1.29 is 19.1 Å². The topological polar surface area (TPSA) is 109 Å². The van der Waals surface area contributed by atoms with Crippen LogP contribution in [0.25, 0.3) is 0 Å². The maximum atomic E-state index is 11.5. The summed E-state index contributed by atoms with van der Waals surface area (Å²) in [5.41, 5.74) is 3.90. The molecule has 3 rings (SSSR count). The molecule has 1 aliphatic rings. The smallest absolute Gasteiger partial charge is 0.333 e. The maximum absolute atomic E-state index is 11.5. The monoisotopic (exact) mass is 490 g/mol. The summed E-state index contributed by atoms with van der Waals surface area (Å²) in [4.78, 5) is 22.9. The summed E-state index contributed by atoms with van der Waals surface area (Å²) in [6.45, 7) is 13.4. The van der Waals surface area contributed by atoms with Crippen molar-refractivity contribution in [1.82, 2.24) is 10.0 Å². The van der Waals surface area contributed by atoms with Crippen LogP contribution < -0.4 is 0 Å². The van der Waals surface area contributed by atoms with Crippen LogP contribution >= 0.6 is 0 Å². The lowest BCUT2D eigenvalue weighted by atomic mass is 10.2. The lowest BCUT2D eigenvalue weighted by Crippen LogP contribution is -2.40. The van der Waals surface area contributed by atoms with Gasteiger partial charge in [0.2, 0.25) is 0 Å². The van der Waals surface area contributed by atoms with Gasteiger partial charge in [-0.1, -0.05) is 47.9 Å². The number of hydrogen-bond donors (Lipinski definition) is 0. The number of piperazine rings is 1. The second-order valence-electron chi connectivity index (χ2n) is 8.33. The van der Waals surface area contributed by atoms with Crippen molar-refractivity contribution in [1.29, 1.82) is 0 Å². The highest BCUT2D eigenvalue weighted by Gasteiger charge is 2.14. The van der Waals surface area contributed by atoms with Crippen LogP contribution in [0.3, 0.4) is 0 Å². The van der Waals surface area contributed by atoms with Gasteiger partial charge in [0, 0.05) is 11.1 Å². The maximum Gasteiger partial charge on any atom is 0.333 e. The Balaban J connectivity index is 1.40. The summed E-state index contributed by atoms with van der Waals surface area (Å²) >= 11 is 0. The second kappa shape index (κ2) is 12.9. The molecule has 0 spiro atoms. The lowest BCUT2D eigenvalue weighted by Gasteiger charge is -2.29. The molecular weight excluding hydrogens is 460 g/mol. The van der Waals surface area contributed by atoms with Gasteiger partial charge in [-0.05, 0) is 49.2 Å². The minimum Gasteiger partial charge on any atom is -0.457 e. The van der Waals surface area contributed by atoms with Crippen molar-refractivity contribution in [3.8, 4) is 0 Å². The summed E-state index contributed by atoms with van der Waals surface area (Å²) in [6, 6.07) is 14.7. The van der Waals surface area contributed by atoms with Gasteiger partial charge < -0.3 is 9.47 Å². The van der Waals surface area contributed by atoms with Gasteiger partial charge in [0.1, 0.15) is 13.2 Å². The van der Waals surface area contributed by atoms with Crippen LogP contribution in [0.1, 0.15) is 25.0 Å². The van der Waals surface area contributed by atoms with Gasteiger partial charge in [0.25, 0.3) is 0 Å². The molecule has 2 aromatic carbocycles. The minimum absolute atomic E-state index is 0.189. The molecule has 0 atom stereocenters. The van der Waals surface area contributed by atoms with Crippen molar-refractivity contribution in [2.45, 2.75) is 27.1 Å². The number of hydrogen-bond acceptors (Lipinski definition) is 8. The Bertz CT molecular complexity index is 1040. The Morgan fingerprint density at radius 2 is 1.03 bits per heavy atom. The quantitative estimate of drug-likeness (QED) is 0.256. The highest BCUT2D eigenvalue weighted by atomic mass is 16.5. The van der Waals surface area contributed by atoms with Gasteiger partial charge in [-0.25, -0.2) is 9.59 Å². The standard InChI is InChI=1S/C26H30N6O4/c1-19(2)25(33)35-17-21-5-9-23(10-6-21)27-29-31-13-15-32(16-14-31)30-28-24-11-7-22(8-12-24)18-36-26(34)20(3)4/h5-12H,1,3,13-18H2,2,4H3. The van der Waals surface area contributed by atoms with E-state index in [-0.39, 0.29) is 13.2 Å². The fourth-order valence-electron chi connectivity index (χ4n) is 2.96. The summed E-state index contributed by atoms with van der Waals surface area (Å²) in [6.07, 6.45) is 0. The predicted octanol–water partition coefficient (Wildman–Crippen LogP) is 5.24. The van der Waals surface area contributed by atoms with Crippen molar-refractivity contribution in [2.75, 3.05) is 26.2 Å². The van der Waals surface area contributed by atoms with E-state index in [1.807, 2.05) is 58.5 Å². The summed E-state index contributed by atoms with van der Waals surface area (Å²) < 4.78 is 10.3. The largest absolute Gasteiger partial charge is 0.457 e. The van der Waals surface area contributed by atoms with Crippen LogP contribution in [0.15, 0.2) is 93.5 Å². The van der Waals surface area contributed by atoms with Gasteiger partial charge in [-0.3, -0.25) is 10.0 Å². The van der Waals surface area contributed by atoms with E-state index in [4.69, 9.17) is 9.47 Å². The molecule has 1 heterocycles. The molecule has 0 saturated carbocycles. The molecule has 0 bridgehead atoms. The number of rotatable bonds is 10. The van der Waals surface area contributed by atoms with Crippen LogP contribution in [-0.2, 0) is 32.3 Å². The highest BCUT2D eigenvalue weighted by Crippen LogP contribution is 2.17. The van der Waals surface area contributed by atoms with Crippen LogP contribution in [-0.4, -0.2) is 48.1 Å². The summed E-state index contributed by atoms with van der Waals surface area (Å²) in [5, 5.41) is 20.9. The molecule has 0 amide bonds. The fourth-order valence-corrected chi connectivity index (χ4v) is 2.96. The first-order valence-corrected chi connectivity index (χ1v) is 11.5. The van der Waals surface area contributed by atoms with Crippen LogP contribution in [0, 0.1) is 0 Å². The predicted molar refractivity (Wildman–Crippen MR) is 134 cm³/mol. The lowest BCUT2D eigenvalue weighted by molar-refractivity contribution is -0.141. The molecule has 188 valence electrons.